The monoisotopic (exact) mass is 559 g/mol. The highest BCUT2D eigenvalue weighted by molar-refractivity contribution is 5.95. The Morgan fingerprint density at radius 3 is 2.42 bits per heavy atom. The van der Waals surface area contributed by atoms with Crippen LogP contribution in [-0.4, -0.2) is 63.7 Å². The molecule has 3 saturated carbocycles. The number of hydrogen-bond donors (Lipinski definition) is 3. The second kappa shape index (κ2) is 10.8. The first-order valence-corrected chi connectivity index (χ1v) is 14.3. The minimum Gasteiger partial charge on any atom is -0.480 e. The number of hydrogen-bond acceptors (Lipinski definition) is 8. The largest absolute Gasteiger partial charge is 0.480 e. The molecule has 0 unspecified atom stereocenters. The van der Waals surface area contributed by atoms with Crippen LogP contribution in [0.25, 0.3) is 0 Å². The summed E-state index contributed by atoms with van der Waals surface area (Å²) < 4.78 is 5.12. The molecule has 0 aromatic rings. The summed E-state index contributed by atoms with van der Waals surface area (Å²) in [6.07, 6.45) is 4.40. The van der Waals surface area contributed by atoms with E-state index in [0.29, 0.717) is 19.3 Å². The molecule has 0 aromatic carbocycles. The summed E-state index contributed by atoms with van der Waals surface area (Å²) in [4.78, 5) is 74.7. The van der Waals surface area contributed by atoms with Crippen LogP contribution in [0.2, 0.25) is 0 Å². The number of nitrogens with one attached hydrogen (secondary N) is 1. The van der Waals surface area contributed by atoms with Crippen molar-refractivity contribution < 1.29 is 43.7 Å². The molecular weight excluding hydrogens is 518 g/mol. The molecule has 0 bridgehead atoms. The van der Waals surface area contributed by atoms with E-state index >= 15 is 0 Å². The van der Waals surface area contributed by atoms with Gasteiger partial charge < -0.3 is 20.3 Å². The standard InChI is InChI=1S/C30H41NO9/c1-16(2)26(27(37)38)31-23(35)7-8-24(36)40-15-22(34)30(39)12-10-20-19-6-5-17-13-18(32)9-11-28(17,3)25(19)21(33)14-29(20,30)4/h13,16,19-20,25-26,39H,5-12,14-15H2,1-4H3,(H,31,35)(H,37,38)/t19-,20-,25+,26+,28+,29+,30+/m1/s1. The highest BCUT2D eigenvalue weighted by Gasteiger charge is 2.68. The number of fused-ring (bicyclic) bond motifs is 5. The fourth-order valence-corrected chi connectivity index (χ4v) is 8.16. The number of Topliss-reactive ketones (excluding diaryl/α,β-unsaturated/α-hetero) is 2. The van der Waals surface area contributed by atoms with E-state index in [-0.39, 0.29) is 66.3 Å². The Balaban J connectivity index is 1.38. The Morgan fingerprint density at radius 1 is 1.07 bits per heavy atom. The van der Waals surface area contributed by atoms with Crippen LogP contribution in [0.15, 0.2) is 11.6 Å². The molecule has 1 amide bonds. The Kier molecular flexibility index (Phi) is 8.15. The summed E-state index contributed by atoms with van der Waals surface area (Å²) in [5.41, 5.74) is -2.13. The molecule has 4 rings (SSSR count). The topological polar surface area (TPSA) is 164 Å². The van der Waals surface area contributed by atoms with Crippen molar-refractivity contribution in [2.24, 2.45) is 34.5 Å². The van der Waals surface area contributed by atoms with Gasteiger partial charge in [-0.15, -0.1) is 0 Å². The van der Waals surface area contributed by atoms with Crippen LogP contribution in [0.5, 0.6) is 0 Å². The van der Waals surface area contributed by atoms with Gasteiger partial charge in [0.1, 0.15) is 17.4 Å². The average molecular weight is 560 g/mol. The molecule has 0 spiro atoms. The van der Waals surface area contributed by atoms with Crippen molar-refractivity contribution >= 4 is 35.2 Å². The third kappa shape index (κ3) is 5.03. The van der Waals surface area contributed by atoms with Gasteiger partial charge in [-0.1, -0.05) is 33.3 Å². The summed E-state index contributed by atoms with van der Waals surface area (Å²) in [6, 6.07) is -1.08. The van der Waals surface area contributed by atoms with E-state index in [4.69, 9.17) is 4.74 Å². The Hall–Kier alpha value is -2.88. The van der Waals surface area contributed by atoms with Crippen LogP contribution in [0, 0.1) is 34.5 Å². The number of esters is 1. The van der Waals surface area contributed by atoms with Crippen molar-refractivity contribution in [3.63, 3.8) is 0 Å². The summed E-state index contributed by atoms with van der Waals surface area (Å²) in [6.45, 7) is 6.52. The van der Waals surface area contributed by atoms with Gasteiger partial charge in [0.05, 0.1) is 6.42 Å². The van der Waals surface area contributed by atoms with Gasteiger partial charge in [0, 0.05) is 30.6 Å². The quantitative estimate of drug-likeness (QED) is 0.360. The molecule has 3 N–H and O–H groups in total. The number of aliphatic carboxylic acids is 1. The normalized spacial score (nSPS) is 35.6. The fraction of sp³-hybridized carbons (Fsp3) is 0.733. The van der Waals surface area contributed by atoms with Crippen molar-refractivity contribution in [3.05, 3.63) is 11.6 Å². The predicted molar refractivity (Wildman–Crippen MR) is 142 cm³/mol. The maximum Gasteiger partial charge on any atom is 0.326 e. The molecule has 4 aliphatic rings. The lowest BCUT2D eigenvalue weighted by Crippen LogP contribution is -2.61. The van der Waals surface area contributed by atoms with Gasteiger partial charge in [-0.2, -0.15) is 0 Å². The van der Waals surface area contributed by atoms with Crippen molar-refractivity contribution in [2.75, 3.05) is 6.61 Å². The molecule has 10 heteroatoms. The lowest BCUT2D eigenvalue weighted by Gasteiger charge is -2.57. The summed E-state index contributed by atoms with van der Waals surface area (Å²) in [5, 5.41) is 23.3. The summed E-state index contributed by atoms with van der Waals surface area (Å²) in [7, 11) is 0. The number of aliphatic hydroxyl groups is 1. The highest BCUT2D eigenvalue weighted by Crippen LogP contribution is 2.66. The van der Waals surface area contributed by atoms with E-state index in [9.17, 15) is 39.0 Å². The maximum atomic E-state index is 13.7. The van der Waals surface area contributed by atoms with Crippen LogP contribution in [0.4, 0.5) is 0 Å². The van der Waals surface area contributed by atoms with Gasteiger partial charge in [0.25, 0.3) is 0 Å². The molecule has 0 aromatic heterocycles. The predicted octanol–water partition coefficient (Wildman–Crippen LogP) is 2.55. The zero-order valence-electron chi connectivity index (χ0n) is 23.8. The highest BCUT2D eigenvalue weighted by atomic mass is 16.5. The van der Waals surface area contributed by atoms with Crippen LogP contribution in [0.3, 0.4) is 0 Å². The number of allylic oxidation sites excluding steroid dienone is 1. The SMILES string of the molecule is CC(C)[C@H](NC(=O)CCC(=O)OCC(=O)[C@@]1(O)CC[C@@H]2[C@H]3CCC4=CC(=O)CC[C@]4(C)[C@@H]3C(=O)C[C@@]21C)C(=O)O. The van der Waals surface area contributed by atoms with Crippen molar-refractivity contribution in [1.82, 2.24) is 5.32 Å². The third-order valence-corrected chi connectivity index (χ3v) is 10.4. The van der Waals surface area contributed by atoms with Gasteiger partial charge in [-0.25, -0.2) is 4.79 Å². The number of ketones is 3. The number of ether oxygens (including phenoxy) is 1. The maximum absolute atomic E-state index is 13.7. The number of amides is 1. The first-order chi connectivity index (χ1) is 18.6. The molecule has 3 fully saturated rings. The molecule has 10 nitrogen and oxygen atoms in total. The Morgan fingerprint density at radius 2 is 1.77 bits per heavy atom. The van der Waals surface area contributed by atoms with E-state index in [1.54, 1.807) is 26.8 Å². The zero-order valence-corrected chi connectivity index (χ0v) is 23.8. The van der Waals surface area contributed by atoms with Gasteiger partial charge in [0.2, 0.25) is 11.7 Å². The minimum absolute atomic E-state index is 0.00459. The Bertz CT molecular complexity index is 1160. The van der Waals surface area contributed by atoms with E-state index in [1.165, 1.54) is 0 Å². The van der Waals surface area contributed by atoms with Crippen molar-refractivity contribution in [1.29, 1.82) is 0 Å². The lowest BCUT2D eigenvalue weighted by molar-refractivity contribution is -0.173. The Labute approximate surface area is 234 Å². The molecular formula is C30H41NO9. The summed E-state index contributed by atoms with van der Waals surface area (Å²) >= 11 is 0. The van der Waals surface area contributed by atoms with Crippen LogP contribution >= 0.6 is 0 Å². The van der Waals surface area contributed by atoms with Crippen LogP contribution < -0.4 is 5.32 Å². The molecule has 4 aliphatic carbocycles. The van der Waals surface area contributed by atoms with Gasteiger partial charge in [0.15, 0.2) is 12.4 Å². The number of rotatable bonds is 9. The molecule has 220 valence electrons. The minimum atomic E-state index is -1.82. The van der Waals surface area contributed by atoms with E-state index < -0.39 is 47.3 Å². The molecule has 0 heterocycles. The number of carbonyl (C=O) groups excluding carboxylic acids is 5. The zero-order chi connectivity index (χ0) is 29.6. The number of carbonyl (C=O) groups is 6. The van der Waals surface area contributed by atoms with Gasteiger partial charge in [-0.3, -0.25) is 24.0 Å². The molecule has 0 aliphatic heterocycles. The lowest BCUT2D eigenvalue weighted by atomic mass is 9.46. The first-order valence-electron chi connectivity index (χ1n) is 14.3. The number of carboxylic acids is 1. The second-order valence-electron chi connectivity index (χ2n) is 13.0. The van der Waals surface area contributed by atoms with Crippen molar-refractivity contribution in [3.8, 4) is 0 Å². The smallest absolute Gasteiger partial charge is 0.326 e. The molecule has 40 heavy (non-hydrogen) atoms. The third-order valence-electron chi connectivity index (χ3n) is 10.4. The molecule has 0 saturated heterocycles. The first kappa shape index (κ1) is 30.1. The van der Waals surface area contributed by atoms with Gasteiger partial charge in [-0.05, 0) is 61.3 Å². The van der Waals surface area contributed by atoms with E-state index in [0.717, 1.165) is 18.4 Å². The van der Waals surface area contributed by atoms with E-state index in [1.807, 2.05) is 0 Å². The van der Waals surface area contributed by atoms with E-state index in [2.05, 4.69) is 12.2 Å². The number of carboxylic acid groups (broad SMARTS) is 1. The second-order valence-corrected chi connectivity index (χ2v) is 13.0. The fourth-order valence-electron chi connectivity index (χ4n) is 8.16. The van der Waals surface area contributed by atoms with Crippen LogP contribution in [0.1, 0.15) is 85.5 Å². The average Bonchev–Trinajstić information content (AvgIpc) is 3.15. The van der Waals surface area contributed by atoms with Gasteiger partial charge >= 0.3 is 11.9 Å². The molecule has 0 radical (unpaired) electrons. The summed E-state index contributed by atoms with van der Waals surface area (Å²) in [5.74, 6) is -3.76. The van der Waals surface area contributed by atoms with Crippen molar-refractivity contribution in [2.45, 2.75) is 97.1 Å². The molecule has 7 atom stereocenters. The van der Waals surface area contributed by atoms with Crippen LogP contribution in [-0.2, 0) is 33.5 Å².